The molecule has 0 saturated carbocycles. The molecule has 154 valence electrons. The summed E-state index contributed by atoms with van der Waals surface area (Å²) >= 11 is 0. The number of fused-ring (bicyclic) bond motifs is 1. The van der Waals surface area contributed by atoms with Crippen LogP contribution >= 0.6 is 0 Å². The van der Waals surface area contributed by atoms with Crippen LogP contribution in [-0.2, 0) is 6.42 Å². The van der Waals surface area contributed by atoms with Gasteiger partial charge in [-0.3, -0.25) is 9.59 Å². The molecule has 1 unspecified atom stereocenters. The van der Waals surface area contributed by atoms with Crippen molar-refractivity contribution >= 4 is 11.7 Å². The molecule has 2 aromatic rings. The largest absolute Gasteiger partial charge is 0.493 e. The van der Waals surface area contributed by atoms with Gasteiger partial charge in [0.05, 0.1) is 25.3 Å². The average molecular weight is 404 g/mol. The number of hydrogen-bond donors (Lipinski definition) is 0. The molecule has 1 saturated heterocycles. The van der Waals surface area contributed by atoms with Gasteiger partial charge in [-0.2, -0.15) is 5.26 Å². The third kappa shape index (κ3) is 3.88. The first-order chi connectivity index (χ1) is 14.6. The minimum absolute atomic E-state index is 0.00204. The predicted octanol–water partition coefficient (Wildman–Crippen LogP) is 3.63. The lowest BCUT2D eigenvalue weighted by atomic mass is 9.96. The van der Waals surface area contributed by atoms with Crippen LogP contribution < -0.4 is 9.47 Å². The first-order valence-corrected chi connectivity index (χ1v) is 10.3. The van der Waals surface area contributed by atoms with Crippen LogP contribution in [0.25, 0.3) is 0 Å². The van der Waals surface area contributed by atoms with Crippen molar-refractivity contribution in [1.82, 2.24) is 4.90 Å². The molecule has 0 spiro atoms. The topological polar surface area (TPSA) is 79.6 Å². The minimum Gasteiger partial charge on any atom is -0.493 e. The molecular weight excluding hydrogens is 380 g/mol. The van der Waals surface area contributed by atoms with Gasteiger partial charge in [-0.25, -0.2) is 0 Å². The molecule has 6 heteroatoms. The SMILES string of the molecule is COc1cc(C#N)ccc1OCC1CCCN(C(=O)c2cccc3c2CCC3=O)C1. The maximum atomic E-state index is 13.2. The number of benzene rings is 2. The average Bonchev–Trinajstić information content (AvgIpc) is 3.18. The number of amides is 1. The Labute approximate surface area is 176 Å². The molecule has 1 aliphatic heterocycles. The zero-order chi connectivity index (χ0) is 21.1. The summed E-state index contributed by atoms with van der Waals surface area (Å²) in [6.45, 7) is 1.81. The molecule has 1 heterocycles. The zero-order valence-corrected chi connectivity index (χ0v) is 17.0. The molecule has 0 radical (unpaired) electrons. The van der Waals surface area contributed by atoms with E-state index < -0.39 is 0 Å². The van der Waals surface area contributed by atoms with Crippen molar-refractivity contribution in [2.24, 2.45) is 5.92 Å². The highest BCUT2D eigenvalue weighted by Gasteiger charge is 2.29. The fraction of sp³-hybridized carbons (Fsp3) is 0.375. The van der Waals surface area contributed by atoms with Gasteiger partial charge in [0.1, 0.15) is 0 Å². The monoisotopic (exact) mass is 404 g/mol. The standard InChI is InChI=1S/C24H24N2O4/c1-29-23-12-16(13-25)7-10-22(23)30-15-17-4-3-11-26(14-17)24(28)20-6-2-5-19-18(20)8-9-21(19)27/h2,5-7,10,12,17H,3-4,8-9,11,14-15H2,1H3. The molecule has 0 aromatic heterocycles. The number of Topliss-reactive ketones (excluding diaryl/α,β-unsaturated/α-hetero) is 1. The molecule has 1 amide bonds. The summed E-state index contributed by atoms with van der Waals surface area (Å²) in [6.07, 6.45) is 3.03. The lowest BCUT2D eigenvalue weighted by Crippen LogP contribution is -2.41. The third-order valence-corrected chi connectivity index (χ3v) is 5.88. The lowest BCUT2D eigenvalue weighted by Gasteiger charge is -2.33. The maximum absolute atomic E-state index is 13.2. The maximum Gasteiger partial charge on any atom is 0.254 e. The van der Waals surface area contributed by atoms with E-state index in [-0.39, 0.29) is 17.6 Å². The second-order valence-corrected chi connectivity index (χ2v) is 7.80. The van der Waals surface area contributed by atoms with Crippen molar-refractivity contribution in [1.29, 1.82) is 5.26 Å². The normalized spacial score (nSPS) is 17.9. The zero-order valence-electron chi connectivity index (χ0n) is 17.0. The van der Waals surface area contributed by atoms with E-state index in [2.05, 4.69) is 6.07 Å². The Kier molecular flexibility index (Phi) is 5.71. The summed E-state index contributed by atoms with van der Waals surface area (Å²) in [4.78, 5) is 27.1. The number of likely N-dealkylation sites (tertiary alicyclic amines) is 1. The molecule has 4 rings (SSSR count). The van der Waals surface area contributed by atoms with E-state index in [9.17, 15) is 9.59 Å². The number of carbonyl (C=O) groups is 2. The lowest BCUT2D eigenvalue weighted by molar-refractivity contribution is 0.0631. The van der Waals surface area contributed by atoms with Crippen molar-refractivity contribution in [3.63, 3.8) is 0 Å². The molecule has 6 nitrogen and oxygen atoms in total. The quantitative estimate of drug-likeness (QED) is 0.760. The number of ketones is 1. The van der Waals surface area contributed by atoms with Crippen LogP contribution in [0.15, 0.2) is 36.4 Å². The Hall–Kier alpha value is -3.33. The number of nitriles is 1. The Bertz CT molecular complexity index is 1020. The highest BCUT2D eigenvalue weighted by atomic mass is 16.5. The Morgan fingerprint density at radius 3 is 2.90 bits per heavy atom. The summed E-state index contributed by atoms with van der Waals surface area (Å²) < 4.78 is 11.3. The second kappa shape index (κ2) is 8.58. The summed E-state index contributed by atoms with van der Waals surface area (Å²) in [7, 11) is 1.55. The third-order valence-electron chi connectivity index (χ3n) is 5.88. The molecule has 1 aliphatic carbocycles. The minimum atomic E-state index is 0.00204. The Morgan fingerprint density at radius 2 is 2.10 bits per heavy atom. The van der Waals surface area contributed by atoms with Crippen molar-refractivity contribution in [2.75, 3.05) is 26.8 Å². The van der Waals surface area contributed by atoms with Gasteiger partial charge in [0.2, 0.25) is 0 Å². The summed E-state index contributed by atoms with van der Waals surface area (Å²) in [6, 6.07) is 12.6. The predicted molar refractivity (Wildman–Crippen MR) is 111 cm³/mol. The van der Waals surface area contributed by atoms with Crippen molar-refractivity contribution < 1.29 is 19.1 Å². The molecule has 1 atom stereocenters. The summed E-state index contributed by atoms with van der Waals surface area (Å²) in [5, 5.41) is 9.03. The number of nitrogens with zero attached hydrogens (tertiary/aromatic N) is 2. The van der Waals surface area contributed by atoms with Crippen molar-refractivity contribution in [3.05, 3.63) is 58.7 Å². The van der Waals surface area contributed by atoms with E-state index in [0.717, 1.165) is 18.4 Å². The van der Waals surface area contributed by atoms with Crippen LogP contribution in [0.1, 0.15) is 51.1 Å². The van der Waals surface area contributed by atoms with Gasteiger partial charge in [0.15, 0.2) is 17.3 Å². The first-order valence-electron chi connectivity index (χ1n) is 10.3. The Balaban J connectivity index is 1.43. The van der Waals surface area contributed by atoms with Crippen LogP contribution in [-0.4, -0.2) is 43.4 Å². The smallest absolute Gasteiger partial charge is 0.254 e. The molecule has 2 aliphatic rings. The number of hydrogen-bond acceptors (Lipinski definition) is 5. The molecule has 2 aromatic carbocycles. The first kappa shape index (κ1) is 20.0. The van der Waals surface area contributed by atoms with Crippen molar-refractivity contribution in [2.45, 2.75) is 25.7 Å². The van der Waals surface area contributed by atoms with E-state index in [1.807, 2.05) is 17.0 Å². The number of rotatable bonds is 5. The van der Waals surface area contributed by atoms with Gasteiger partial charge >= 0.3 is 0 Å². The second-order valence-electron chi connectivity index (χ2n) is 7.80. The highest BCUT2D eigenvalue weighted by Crippen LogP contribution is 2.30. The number of ether oxygens (including phenoxy) is 2. The molecule has 30 heavy (non-hydrogen) atoms. The summed E-state index contributed by atoms with van der Waals surface area (Å²) in [5.74, 6) is 1.46. The van der Waals surface area contributed by atoms with Gasteiger partial charge in [-0.1, -0.05) is 12.1 Å². The van der Waals surface area contributed by atoms with Gasteiger partial charge in [0, 0.05) is 42.6 Å². The van der Waals surface area contributed by atoms with Crippen LogP contribution in [0.3, 0.4) is 0 Å². The van der Waals surface area contributed by atoms with Gasteiger partial charge in [-0.15, -0.1) is 0 Å². The molecule has 1 fully saturated rings. The van der Waals surface area contributed by atoms with Gasteiger partial charge < -0.3 is 14.4 Å². The number of piperidine rings is 1. The van der Waals surface area contributed by atoms with E-state index in [1.54, 1.807) is 31.4 Å². The van der Waals surface area contributed by atoms with E-state index >= 15 is 0 Å². The van der Waals surface area contributed by atoms with Crippen LogP contribution in [0.4, 0.5) is 0 Å². The van der Waals surface area contributed by atoms with Crippen LogP contribution in [0, 0.1) is 17.2 Å². The molecular formula is C24H24N2O4. The number of carbonyl (C=O) groups excluding carboxylic acids is 2. The molecule has 0 bridgehead atoms. The fourth-order valence-corrected chi connectivity index (χ4v) is 4.31. The van der Waals surface area contributed by atoms with E-state index in [1.165, 1.54) is 0 Å². The fourth-order valence-electron chi connectivity index (χ4n) is 4.31. The van der Waals surface area contributed by atoms with Gasteiger partial charge in [-0.05, 0) is 43.0 Å². The Morgan fingerprint density at radius 1 is 1.23 bits per heavy atom. The van der Waals surface area contributed by atoms with Crippen LogP contribution in [0.5, 0.6) is 11.5 Å². The van der Waals surface area contributed by atoms with Gasteiger partial charge in [0.25, 0.3) is 5.91 Å². The summed E-state index contributed by atoms with van der Waals surface area (Å²) in [5.41, 5.74) is 2.77. The van der Waals surface area contributed by atoms with Crippen LogP contribution in [0.2, 0.25) is 0 Å². The highest BCUT2D eigenvalue weighted by molar-refractivity contribution is 6.05. The molecule has 0 N–H and O–H groups in total. The van der Waals surface area contributed by atoms with E-state index in [4.69, 9.17) is 14.7 Å². The van der Waals surface area contributed by atoms with E-state index in [0.29, 0.717) is 60.7 Å². The number of methoxy groups -OCH3 is 1. The van der Waals surface area contributed by atoms with Crippen molar-refractivity contribution in [3.8, 4) is 17.6 Å².